The number of nitrogens with zero attached hydrogens (tertiary/aromatic N) is 7. The fraction of sp³-hybridized carbons (Fsp3) is 0.333. The third kappa shape index (κ3) is 6.47. The smallest absolute Gasteiger partial charge is 0.277 e. The highest BCUT2D eigenvalue weighted by molar-refractivity contribution is 7.99. The maximum absolute atomic E-state index is 13.2. The van der Waals surface area contributed by atoms with Crippen LogP contribution in [0.4, 0.5) is 5.13 Å². The standard InChI is InChI=1S/C24H26N8O2S3/c1-15-26-23(37-30-15)28-22(33)21-19(10-11-20(27-21)36-24-29-25-14-32(24)3)35-18-8-6-17(7-9-18)34-13-16-5-4-12-31(16)2/h6-11,14,16H,4-5,12-13H2,1-3H3,(H,26,28,30,33). The maximum atomic E-state index is 13.2. The number of likely N-dealkylation sites (N-methyl/N-ethyl adjacent to an activating group) is 1. The Morgan fingerprint density at radius 3 is 2.68 bits per heavy atom. The van der Waals surface area contributed by atoms with E-state index >= 15 is 0 Å². The zero-order valence-corrected chi connectivity index (χ0v) is 23.1. The van der Waals surface area contributed by atoms with Gasteiger partial charge in [0.1, 0.15) is 35.2 Å². The highest BCUT2D eigenvalue weighted by atomic mass is 32.2. The van der Waals surface area contributed by atoms with Gasteiger partial charge in [0.15, 0.2) is 5.16 Å². The Morgan fingerprint density at radius 2 is 2.00 bits per heavy atom. The molecule has 0 bridgehead atoms. The number of carbonyl (C=O) groups excluding carboxylic acids is 1. The number of rotatable bonds is 9. The van der Waals surface area contributed by atoms with Crippen LogP contribution in [0, 0.1) is 6.92 Å². The molecule has 1 aliphatic rings. The van der Waals surface area contributed by atoms with Gasteiger partial charge < -0.3 is 14.2 Å². The summed E-state index contributed by atoms with van der Waals surface area (Å²) in [6.07, 6.45) is 4.01. The van der Waals surface area contributed by atoms with E-state index in [1.807, 2.05) is 43.4 Å². The second-order valence-electron chi connectivity index (χ2n) is 8.58. The van der Waals surface area contributed by atoms with Crippen LogP contribution in [-0.2, 0) is 7.05 Å². The van der Waals surface area contributed by atoms with Crippen LogP contribution in [0.5, 0.6) is 5.75 Å². The highest BCUT2D eigenvalue weighted by Crippen LogP contribution is 2.34. The summed E-state index contributed by atoms with van der Waals surface area (Å²) in [6, 6.07) is 12.2. The van der Waals surface area contributed by atoms with Crippen molar-refractivity contribution in [1.29, 1.82) is 0 Å². The van der Waals surface area contributed by atoms with Gasteiger partial charge in [-0.15, -0.1) is 10.2 Å². The summed E-state index contributed by atoms with van der Waals surface area (Å²) in [5.41, 5.74) is 0.301. The van der Waals surface area contributed by atoms with Gasteiger partial charge >= 0.3 is 0 Å². The van der Waals surface area contributed by atoms with E-state index in [9.17, 15) is 4.79 Å². The van der Waals surface area contributed by atoms with Crippen molar-refractivity contribution >= 4 is 46.1 Å². The van der Waals surface area contributed by atoms with Gasteiger partial charge in [0.2, 0.25) is 5.13 Å². The minimum absolute atomic E-state index is 0.301. The van der Waals surface area contributed by atoms with Crippen molar-refractivity contribution in [3.63, 3.8) is 0 Å². The number of pyridine rings is 1. The molecule has 3 aromatic heterocycles. The Balaban J connectivity index is 1.33. The molecule has 4 heterocycles. The topological polar surface area (TPSA) is 111 Å². The molecule has 5 rings (SSSR count). The predicted molar refractivity (Wildman–Crippen MR) is 144 cm³/mol. The first-order chi connectivity index (χ1) is 17.9. The number of anilines is 1. The summed E-state index contributed by atoms with van der Waals surface area (Å²) in [5, 5.41) is 12.6. The van der Waals surface area contributed by atoms with Crippen molar-refractivity contribution < 1.29 is 9.53 Å². The summed E-state index contributed by atoms with van der Waals surface area (Å²) >= 11 is 3.94. The molecule has 1 aliphatic heterocycles. The summed E-state index contributed by atoms with van der Waals surface area (Å²) < 4.78 is 12.0. The summed E-state index contributed by atoms with van der Waals surface area (Å²) in [4.78, 5) is 26.2. The van der Waals surface area contributed by atoms with Gasteiger partial charge in [-0.25, -0.2) is 9.97 Å². The highest BCUT2D eigenvalue weighted by Gasteiger charge is 2.21. The average molecular weight is 555 g/mol. The van der Waals surface area contributed by atoms with Crippen LogP contribution in [0.2, 0.25) is 0 Å². The molecule has 0 aliphatic carbocycles. The average Bonchev–Trinajstić information content (AvgIpc) is 3.61. The van der Waals surface area contributed by atoms with E-state index < -0.39 is 0 Å². The molecule has 4 aromatic rings. The Morgan fingerprint density at radius 1 is 1.16 bits per heavy atom. The van der Waals surface area contributed by atoms with Gasteiger partial charge in [-0.1, -0.05) is 11.8 Å². The molecule has 1 fully saturated rings. The summed E-state index contributed by atoms with van der Waals surface area (Å²) in [6.45, 7) is 3.60. The molecule has 1 saturated heterocycles. The van der Waals surface area contributed by atoms with Crippen LogP contribution < -0.4 is 10.1 Å². The van der Waals surface area contributed by atoms with Crippen molar-refractivity contribution in [2.24, 2.45) is 7.05 Å². The molecule has 1 atom stereocenters. The van der Waals surface area contributed by atoms with Crippen LogP contribution >= 0.6 is 35.1 Å². The number of nitrogens with one attached hydrogen (secondary N) is 1. The molecule has 0 spiro atoms. The minimum atomic E-state index is -0.347. The Labute approximate surface area is 227 Å². The zero-order chi connectivity index (χ0) is 25.8. The number of hydrogen-bond donors (Lipinski definition) is 1. The van der Waals surface area contributed by atoms with E-state index in [0.717, 1.165) is 33.6 Å². The van der Waals surface area contributed by atoms with E-state index in [2.05, 4.69) is 41.8 Å². The number of carbonyl (C=O) groups is 1. The lowest BCUT2D eigenvalue weighted by Gasteiger charge is -2.19. The second-order valence-corrected chi connectivity index (χ2v) is 11.4. The first kappa shape index (κ1) is 25.6. The lowest BCUT2D eigenvalue weighted by atomic mass is 10.2. The molecule has 0 radical (unpaired) electrons. The number of hydrogen-bond acceptors (Lipinski definition) is 11. The number of aryl methyl sites for hydroxylation is 2. The molecule has 1 unspecified atom stereocenters. The van der Waals surface area contributed by atoms with Crippen LogP contribution in [-0.4, -0.2) is 66.2 Å². The van der Waals surface area contributed by atoms with Gasteiger partial charge in [-0.3, -0.25) is 10.1 Å². The molecule has 1 aromatic carbocycles. The van der Waals surface area contributed by atoms with Crippen molar-refractivity contribution in [2.45, 2.75) is 45.8 Å². The minimum Gasteiger partial charge on any atom is -0.492 e. The largest absolute Gasteiger partial charge is 0.492 e. The number of ether oxygens (including phenoxy) is 1. The fourth-order valence-corrected chi connectivity index (χ4v) is 6.01. The van der Waals surface area contributed by atoms with Gasteiger partial charge in [0, 0.05) is 34.4 Å². The Hall–Kier alpha value is -3.00. The number of benzene rings is 1. The first-order valence-corrected chi connectivity index (χ1v) is 14.1. The molecule has 0 saturated carbocycles. The van der Waals surface area contributed by atoms with Crippen molar-refractivity contribution in [2.75, 3.05) is 25.5 Å². The first-order valence-electron chi connectivity index (χ1n) is 11.7. The van der Waals surface area contributed by atoms with Crippen LogP contribution in [0.15, 0.2) is 62.7 Å². The lowest BCUT2D eigenvalue weighted by molar-refractivity contribution is 0.101. The van der Waals surface area contributed by atoms with Gasteiger partial charge in [-0.2, -0.15) is 4.37 Å². The molecule has 10 nitrogen and oxygen atoms in total. The number of likely N-dealkylation sites (tertiary alicyclic amines) is 1. The monoisotopic (exact) mass is 554 g/mol. The third-order valence-electron chi connectivity index (χ3n) is 5.83. The van der Waals surface area contributed by atoms with Crippen LogP contribution in [0.3, 0.4) is 0 Å². The molecule has 37 heavy (non-hydrogen) atoms. The normalized spacial score (nSPS) is 15.7. The molecule has 13 heteroatoms. The molecular weight excluding hydrogens is 529 g/mol. The van der Waals surface area contributed by atoms with Crippen molar-refractivity contribution in [3.05, 3.63) is 54.2 Å². The van der Waals surface area contributed by atoms with Gasteiger partial charge in [0.25, 0.3) is 5.91 Å². The number of aromatic nitrogens is 6. The maximum Gasteiger partial charge on any atom is 0.277 e. The SMILES string of the molecule is Cc1nsc(NC(=O)c2nc(Sc3nncn3C)ccc2Sc2ccc(OCC3CCCN3C)cc2)n1. The van der Waals surface area contributed by atoms with Gasteiger partial charge in [-0.05, 0) is 81.5 Å². The zero-order valence-electron chi connectivity index (χ0n) is 20.6. The van der Waals surface area contributed by atoms with Crippen molar-refractivity contribution in [3.8, 4) is 5.75 Å². The molecule has 192 valence electrons. The van der Waals surface area contributed by atoms with Gasteiger partial charge in [0.05, 0.1) is 0 Å². The summed E-state index contributed by atoms with van der Waals surface area (Å²) in [5.74, 6) is 1.10. The fourth-order valence-electron chi connectivity index (χ4n) is 3.81. The number of amides is 1. The van der Waals surface area contributed by atoms with E-state index in [-0.39, 0.29) is 5.91 Å². The predicted octanol–water partition coefficient (Wildman–Crippen LogP) is 4.40. The third-order valence-corrected chi connectivity index (χ3v) is 8.59. The van der Waals surface area contributed by atoms with Crippen LogP contribution in [0.1, 0.15) is 29.2 Å². The lowest BCUT2D eigenvalue weighted by Crippen LogP contribution is -2.30. The summed E-state index contributed by atoms with van der Waals surface area (Å²) in [7, 11) is 4.00. The molecule has 1 amide bonds. The Bertz CT molecular complexity index is 1370. The Kier molecular flexibility index (Phi) is 8.03. The second kappa shape index (κ2) is 11.6. The van der Waals surface area contributed by atoms with E-state index in [1.54, 1.807) is 17.8 Å². The molecule has 1 N–H and O–H groups in total. The van der Waals surface area contributed by atoms with E-state index in [4.69, 9.17) is 4.74 Å². The molecular formula is C24H26N8O2S3. The van der Waals surface area contributed by atoms with Crippen molar-refractivity contribution in [1.82, 2.24) is 34.0 Å². The van der Waals surface area contributed by atoms with Crippen LogP contribution in [0.25, 0.3) is 0 Å². The quantitative estimate of drug-likeness (QED) is 0.320. The van der Waals surface area contributed by atoms with E-state index in [1.165, 1.54) is 36.4 Å². The van der Waals surface area contributed by atoms with E-state index in [0.29, 0.717) is 39.5 Å².